The van der Waals surface area contributed by atoms with E-state index >= 15 is 0 Å². The molecule has 2 rings (SSSR count). The molecule has 0 aromatic heterocycles. The monoisotopic (exact) mass is 434 g/mol. The number of ether oxygens (including phenoxy) is 2. The molecule has 0 bridgehead atoms. The first-order valence-corrected chi connectivity index (χ1v) is 11.0. The van der Waals surface area contributed by atoms with Crippen molar-refractivity contribution in [2.24, 2.45) is 4.99 Å². The lowest BCUT2D eigenvalue weighted by molar-refractivity contribution is 0.354. The molecule has 0 amide bonds. The van der Waals surface area contributed by atoms with Crippen LogP contribution in [0.1, 0.15) is 18.1 Å². The van der Waals surface area contributed by atoms with E-state index in [0.29, 0.717) is 42.7 Å². The topological polar surface area (TPSA) is 92.3 Å². The molecule has 8 nitrogen and oxygen atoms in total. The van der Waals surface area contributed by atoms with Crippen molar-refractivity contribution >= 4 is 16.0 Å². The van der Waals surface area contributed by atoms with Crippen LogP contribution in [0.15, 0.2) is 52.4 Å². The molecule has 0 aliphatic heterocycles. The molecule has 30 heavy (non-hydrogen) atoms. The predicted molar refractivity (Wildman–Crippen MR) is 119 cm³/mol. The third-order valence-corrected chi connectivity index (χ3v) is 6.30. The first kappa shape index (κ1) is 23.5. The maximum Gasteiger partial charge on any atom is 0.242 e. The lowest BCUT2D eigenvalue weighted by atomic mass is 10.2. The van der Waals surface area contributed by atoms with Gasteiger partial charge in [-0.25, -0.2) is 17.7 Å². The second kappa shape index (κ2) is 10.8. The Kier molecular flexibility index (Phi) is 8.49. The number of rotatable bonds is 9. The Labute approximate surface area is 179 Å². The van der Waals surface area contributed by atoms with E-state index in [1.807, 2.05) is 31.2 Å². The summed E-state index contributed by atoms with van der Waals surface area (Å²) in [5.41, 5.74) is 1.63. The summed E-state index contributed by atoms with van der Waals surface area (Å²) in [6.07, 6.45) is 0. The lowest BCUT2D eigenvalue weighted by Gasteiger charge is -2.17. The molecule has 2 N–H and O–H groups in total. The minimum atomic E-state index is -3.53. The number of nitrogens with one attached hydrogen (secondary N) is 2. The van der Waals surface area contributed by atoms with E-state index < -0.39 is 10.0 Å². The van der Waals surface area contributed by atoms with Crippen LogP contribution in [0.5, 0.6) is 11.5 Å². The fraction of sp³-hybridized carbons (Fsp3) is 0.381. The number of aliphatic imine (C=N–C) groups is 1. The third-order valence-electron chi connectivity index (χ3n) is 4.39. The average molecular weight is 435 g/mol. The number of benzene rings is 2. The highest BCUT2D eigenvalue weighted by molar-refractivity contribution is 7.89. The lowest BCUT2D eigenvalue weighted by Crippen LogP contribution is -2.37. The fourth-order valence-corrected chi connectivity index (χ4v) is 3.88. The SMILES string of the molecule is CCNC(=NCc1ccc(OC)c(OC)c1)NCc1ccccc1S(=O)(=O)N(C)C. The molecule has 2 aromatic carbocycles. The molecule has 0 aliphatic carbocycles. The minimum absolute atomic E-state index is 0.276. The summed E-state index contributed by atoms with van der Waals surface area (Å²) in [6, 6.07) is 12.6. The maximum absolute atomic E-state index is 12.6. The summed E-state index contributed by atoms with van der Waals surface area (Å²) >= 11 is 0. The van der Waals surface area contributed by atoms with Crippen molar-refractivity contribution in [3.8, 4) is 11.5 Å². The van der Waals surface area contributed by atoms with Gasteiger partial charge < -0.3 is 20.1 Å². The standard InChI is InChI=1S/C21H30N4O4S/c1-6-22-21(23-14-16-11-12-18(28-4)19(13-16)29-5)24-15-17-9-7-8-10-20(17)30(26,27)25(2)3/h7-13H,6,14-15H2,1-5H3,(H2,22,23,24). The van der Waals surface area contributed by atoms with Crippen LogP contribution in [0.2, 0.25) is 0 Å². The van der Waals surface area contributed by atoms with E-state index in [1.54, 1.807) is 32.4 Å². The van der Waals surface area contributed by atoms with Crippen LogP contribution in [-0.4, -0.2) is 53.5 Å². The summed E-state index contributed by atoms with van der Waals surface area (Å²) in [7, 11) is 2.70. The maximum atomic E-state index is 12.6. The largest absolute Gasteiger partial charge is 0.493 e. The van der Waals surface area contributed by atoms with Gasteiger partial charge in [0, 0.05) is 27.2 Å². The normalized spacial score (nSPS) is 12.0. The van der Waals surface area contributed by atoms with E-state index in [1.165, 1.54) is 18.4 Å². The highest BCUT2D eigenvalue weighted by Crippen LogP contribution is 2.27. The smallest absolute Gasteiger partial charge is 0.242 e. The van der Waals surface area contributed by atoms with Gasteiger partial charge in [0.15, 0.2) is 17.5 Å². The van der Waals surface area contributed by atoms with Gasteiger partial charge >= 0.3 is 0 Å². The zero-order chi connectivity index (χ0) is 22.1. The van der Waals surface area contributed by atoms with Crippen molar-refractivity contribution < 1.29 is 17.9 Å². The van der Waals surface area contributed by atoms with Crippen molar-refractivity contribution in [1.29, 1.82) is 0 Å². The second-order valence-electron chi connectivity index (χ2n) is 6.63. The second-order valence-corrected chi connectivity index (χ2v) is 8.75. The molecular weight excluding hydrogens is 404 g/mol. The Bertz CT molecular complexity index is 975. The van der Waals surface area contributed by atoms with Crippen molar-refractivity contribution in [2.45, 2.75) is 24.9 Å². The summed E-state index contributed by atoms with van der Waals surface area (Å²) in [6.45, 7) is 3.39. The van der Waals surface area contributed by atoms with Crippen LogP contribution in [-0.2, 0) is 23.1 Å². The van der Waals surface area contributed by atoms with Gasteiger partial charge in [0.2, 0.25) is 10.0 Å². The molecule has 0 spiro atoms. The quantitative estimate of drug-likeness (QED) is 0.464. The number of hydrogen-bond acceptors (Lipinski definition) is 5. The molecule has 0 radical (unpaired) electrons. The molecule has 0 saturated heterocycles. The Hall–Kier alpha value is -2.78. The van der Waals surface area contributed by atoms with Gasteiger partial charge in [-0.15, -0.1) is 0 Å². The van der Waals surface area contributed by atoms with Gasteiger partial charge in [0.05, 0.1) is 25.7 Å². The molecule has 0 saturated carbocycles. The van der Waals surface area contributed by atoms with Gasteiger partial charge in [-0.3, -0.25) is 0 Å². The van der Waals surface area contributed by atoms with E-state index in [2.05, 4.69) is 15.6 Å². The summed E-state index contributed by atoms with van der Waals surface area (Å²) in [5, 5.41) is 6.39. The Balaban J connectivity index is 2.18. The molecule has 0 atom stereocenters. The molecule has 164 valence electrons. The van der Waals surface area contributed by atoms with Crippen molar-refractivity contribution in [3.05, 3.63) is 53.6 Å². The highest BCUT2D eigenvalue weighted by Gasteiger charge is 2.20. The van der Waals surface area contributed by atoms with E-state index in [4.69, 9.17) is 9.47 Å². The zero-order valence-electron chi connectivity index (χ0n) is 18.1. The van der Waals surface area contributed by atoms with E-state index in [0.717, 1.165) is 5.56 Å². The number of hydrogen-bond donors (Lipinski definition) is 2. The van der Waals surface area contributed by atoms with Gasteiger partial charge in [0.25, 0.3) is 0 Å². The van der Waals surface area contributed by atoms with Crippen molar-refractivity contribution in [3.63, 3.8) is 0 Å². The van der Waals surface area contributed by atoms with E-state index in [9.17, 15) is 8.42 Å². The van der Waals surface area contributed by atoms with Gasteiger partial charge in [0.1, 0.15) is 0 Å². The fourth-order valence-electron chi connectivity index (χ4n) is 2.77. The van der Waals surface area contributed by atoms with Crippen molar-refractivity contribution in [1.82, 2.24) is 14.9 Å². The number of methoxy groups -OCH3 is 2. The van der Waals surface area contributed by atoms with Crippen LogP contribution >= 0.6 is 0 Å². The first-order chi connectivity index (χ1) is 14.3. The van der Waals surface area contributed by atoms with Crippen LogP contribution in [0.4, 0.5) is 0 Å². The van der Waals surface area contributed by atoms with Gasteiger partial charge in [-0.1, -0.05) is 24.3 Å². The molecule has 0 heterocycles. The third kappa shape index (κ3) is 5.87. The summed E-state index contributed by atoms with van der Waals surface area (Å²) in [5.74, 6) is 1.89. The molecule has 0 fully saturated rings. The van der Waals surface area contributed by atoms with Crippen LogP contribution in [0, 0.1) is 0 Å². The van der Waals surface area contributed by atoms with Crippen LogP contribution < -0.4 is 20.1 Å². The zero-order valence-corrected chi connectivity index (χ0v) is 18.9. The molecule has 0 aliphatic rings. The molecule has 0 unspecified atom stereocenters. The van der Waals surface area contributed by atoms with E-state index in [-0.39, 0.29) is 4.90 Å². The number of guanidine groups is 1. The Morgan fingerprint density at radius 1 is 1.03 bits per heavy atom. The van der Waals surface area contributed by atoms with Gasteiger partial charge in [-0.2, -0.15) is 0 Å². The predicted octanol–water partition coefficient (Wildman–Crippen LogP) is 2.21. The number of nitrogens with zero attached hydrogens (tertiary/aromatic N) is 2. The highest BCUT2D eigenvalue weighted by atomic mass is 32.2. The summed E-state index contributed by atoms with van der Waals surface area (Å²) in [4.78, 5) is 4.87. The van der Waals surface area contributed by atoms with Gasteiger partial charge in [-0.05, 0) is 36.2 Å². The Morgan fingerprint density at radius 3 is 2.37 bits per heavy atom. The molecular formula is C21H30N4O4S. The average Bonchev–Trinajstić information content (AvgIpc) is 2.75. The molecule has 2 aromatic rings. The minimum Gasteiger partial charge on any atom is -0.493 e. The molecule has 9 heteroatoms. The van der Waals surface area contributed by atoms with Crippen LogP contribution in [0.3, 0.4) is 0 Å². The Morgan fingerprint density at radius 2 is 1.73 bits per heavy atom. The first-order valence-electron chi connectivity index (χ1n) is 9.57. The number of sulfonamides is 1. The summed E-state index contributed by atoms with van der Waals surface area (Å²) < 4.78 is 37.0. The van der Waals surface area contributed by atoms with Crippen molar-refractivity contribution in [2.75, 3.05) is 34.9 Å². The van der Waals surface area contributed by atoms with Crippen LogP contribution in [0.25, 0.3) is 0 Å².